The second-order valence-corrected chi connectivity index (χ2v) is 5.11. The molecule has 2 nitrogen and oxygen atoms in total. The SMILES string of the molecule is CC1(C)CC1(C=O)C1CCOCC1. The molecule has 0 N–H and O–H groups in total. The molecule has 1 aliphatic carbocycles. The normalized spacial score (nSPS) is 38.6. The third-order valence-corrected chi connectivity index (χ3v) is 4.03. The topological polar surface area (TPSA) is 26.3 Å². The second-order valence-electron chi connectivity index (χ2n) is 5.11. The maximum atomic E-state index is 11.2. The highest BCUT2D eigenvalue weighted by atomic mass is 16.5. The molecule has 2 heteroatoms. The number of rotatable bonds is 2. The molecule has 1 heterocycles. The van der Waals surface area contributed by atoms with Gasteiger partial charge in [0.15, 0.2) is 0 Å². The van der Waals surface area contributed by atoms with Crippen molar-refractivity contribution in [1.82, 2.24) is 0 Å². The Morgan fingerprint density at radius 2 is 1.85 bits per heavy atom. The van der Waals surface area contributed by atoms with Crippen LogP contribution < -0.4 is 0 Å². The molecule has 0 aromatic carbocycles. The molecule has 1 unspecified atom stereocenters. The lowest BCUT2D eigenvalue weighted by Crippen LogP contribution is -2.28. The number of hydrogen-bond donors (Lipinski definition) is 0. The van der Waals surface area contributed by atoms with Crippen molar-refractivity contribution in [2.75, 3.05) is 13.2 Å². The van der Waals surface area contributed by atoms with Crippen LogP contribution in [0.25, 0.3) is 0 Å². The first-order chi connectivity index (χ1) is 6.12. The zero-order valence-corrected chi connectivity index (χ0v) is 8.51. The molecule has 1 aliphatic heterocycles. The first kappa shape index (κ1) is 9.20. The lowest BCUT2D eigenvalue weighted by Gasteiger charge is -2.29. The number of ether oxygens (including phenoxy) is 1. The highest BCUT2D eigenvalue weighted by Crippen LogP contribution is 2.67. The summed E-state index contributed by atoms with van der Waals surface area (Å²) >= 11 is 0. The highest BCUT2D eigenvalue weighted by Gasteiger charge is 2.64. The highest BCUT2D eigenvalue weighted by molar-refractivity contribution is 5.67. The van der Waals surface area contributed by atoms with Crippen LogP contribution in [0, 0.1) is 16.7 Å². The minimum absolute atomic E-state index is 0.00319. The van der Waals surface area contributed by atoms with Crippen LogP contribution in [-0.4, -0.2) is 19.5 Å². The fourth-order valence-electron chi connectivity index (χ4n) is 2.89. The van der Waals surface area contributed by atoms with Gasteiger partial charge in [-0.25, -0.2) is 0 Å². The van der Waals surface area contributed by atoms with Gasteiger partial charge in [0.1, 0.15) is 6.29 Å². The van der Waals surface area contributed by atoms with Gasteiger partial charge in [-0.05, 0) is 30.6 Å². The van der Waals surface area contributed by atoms with Gasteiger partial charge in [-0.2, -0.15) is 0 Å². The second kappa shape index (κ2) is 2.81. The van der Waals surface area contributed by atoms with Crippen LogP contribution in [0.1, 0.15) is 33.1 Å². The van der Waals surface area contributed by atoms with Crippen LogP contribution in [0.15, 0.2) is 0 Å². The largest absolute Gasteiger partial charge is 0.381 e. The van der Waals surface area contributed by atoms with Crippen molar-refractivity contribution < 1.29 is 9.53 Å². The molecule has 2 fully saturated rings. The Bertz CT molecular complexity index is 216. The lowest BCUT2D eigenvalue weighted by molar-refractivity contribution is -0.116. The van der Waals surface area contributed by atoms with E-state index in [9.17, 15) is 4.79 Å². The zero-order valence-electron chi connectivity index (χ0n) is 8.51. The third-order valence-electron chi connectivity index (χ3n) is 4.03. The van der Waals surface area contributed by atoms with Crippen molar-refractivity contribution in [3.63, 3.8) is 0 Å². The van der Waals surface area contributed by atoms with Crippen LogP contribution >= 0.6 is 0 Å². The summed E-state index contributed by atoms with van der Waals surface area (Å²) in [5.41, 5.74) is 0.244. The molecule has 0 aromatic heterocycles. The van der Waals surface area contributed by atoms with E-state index < -0.39 is 0 Å². The van der Waals surface area contributed by atoms with Crippen molar-refractivity contribution in [3.8, 4) is 0 Å². The quantitative estimate of drug-likeness (QED) is 0.611. The number of hydrogen-bond acceptors (Lipinski definition) is 2. The smallest absolute Gasteiger partial charge is 0.126 e. The van der Waals surface area contributed by atoms with Crippen LogP contribution in [-0.2, 0) is 9.53 Å². The molecule has 1 saturated carbocycles. The minimum Gasteiger partial charge on any atom is -0.381 e. The summed E-state index contributed by atoms with van der Waals surface area (Å²) in [6.45, 7) is 6.10. The van der Waals surface area contributed by atoms with Crippen LogP contribution in [0.5, 0.6) is 0 Å². The molecule has 2 rings (SSSR count). The van der Waals surface area contributed by atoms with E-state index in [1.54, 1.807) is 0 Å². The molecule has 0 radical (unpaired) electrons. The summed E-state index contributed by atoms with van der Waals surface area (Å²) in [6.07, 6.45) is 4.43. The summed E-state index contributed by atoms with van der Waals surface area (Å²) in [4.78, 5) is 11.2. The molecule has 1 atom stereocenters. The van der Waals surface area contributed by atoms with Crippen LogP contribution in [0.4, 0.5) is 0 Å². The number of aldehydes is 1. The third kappa shape index (κ3) is 1.23. The van der Waals surface area contributed by atoms with E-state index in [1.807, 2.05) is 0 Å². The summed E-state index contributed by atoms with van der Waals surface area (Å²) in [7, 11) is 0. The van der Waals surface area contributed by atoms with Gasteiger partial charge in [-0.3, -0.25) is 0 Å². The molecular formula is C11H18O2. The Balaban J connectivity index is 2.09. The fraction of sp³-hybridized carbons (Fsp3) is 0.909. The predicted octanol–water partition coefficient (Wildman–Crippen LogP) is 2.03. The van der Waals surface area contributed by atoms with E-state index in [2.05, 4.69) is 13.8 Å². The van der Waals surface area contributed by atoms with Gasteiger partial charge in [0.05, 0.1) is 0 Å². The molecule has 0 spiro atoms. The Hall–Kier alpha value is -0.370. The Morgan fingerprint density at radius 3 is 2.23 bits per heavy atom. The fourth-order valence-corrected chi connectivity index (χ4v) is 2.89. The average molecular weight is 182 g/mol. The molecule has 74 valence electrons. The summed E-state index contributed by atoms with van der Waals surface area (Å²) in [6, 6.07) is 0. The van der Waals surface area contributed by atoms with E-state index in [1.165, 1.54) is 6.29 Å². The van der Waals surface area contributed by atoms with E-state index in [-0.39, 0.29) is 10.8 Å². The molecular weight excluding hydrogens is 164 g/mol. The minimum atomic E-state index is -0.00319. The van der Waals surface area contributed by atoms with Gasteiger partial charge in [0.2, 0.25) is 0 Å². The number of carbonyl (C=O) groups excluding carboxylic acids is 1. The Kier molecular flexibility index (Phi) is 1.99. The first-order valence-electron chi connectivity index (χ1n) is 5.16. The van der Waals surface area contributed by atoms with E-state index in [0.29, 0.717) is 5.92 Å². The van der Waals surface area contributed by atoms with Crippen molar-refractivity contribution in [2.45, 2.75) is 33.1 Å². The maximum Gasteiger partial charge on any atom is 0.126 e. The molecule has 13 heavy (non-hydrogen) atoms. The van der Waals surface area contributed by atoms with Crippen LogP contribution in [0.3, 0.4) is 0 Å². The van der Waals surface area contributed by atoms with Gasteiger partial charge in [-0.1, -0.05) is 13.8 Å². The number of carbonyl (C=O) groups is 1. The van der Waals surface area contributed by atoms with Gasteiger partial charge in [-0.15, -0.1) is 0 Å². The molecule has 0 bridgehead atoms. The van der Waals surface area contributed by atoms with E-state index >= 15 is 0 Å². The van der Waals surface area contributed by atoms with Gasteiger partial charge in [0, 0.05) is 18.6 Å². The van der Waals surface area contributed by atoms with Crippen molar-refractivity contribution >= 4 is 6.29 Å². The van der Waals surface area contributed by atoms with Crippen LogP contribution in [0.2, 0.25) is 0 Å². The average Bonchev–Trinajstić information content (AvgIpc) is 2.72. The zero-order chi connectivity index (χ0) is 9.53. The summed E-state index contributed by atoms with van der Waals surface area (Å²) in [5, 5.41) is 0. The molecule has 0 amide bonds. The van der Waals surface area contributed by atoms with Gasteiger partial charge < -0.3 is 9.53 Å². The summed E-state index contributed by atoms with van der Waals surface area (Å²) in [5.74, 6) is 0.578. The van der Waals surface area contributed by atoms with E-state index in [4.69, 9.17) is 4.74 Å². The lowest BCUT2D eigenvalue weighted by atomic mass is 9.79. The molecule has 2 aliphatic rings. The molecule has 1 saturated heterocycles. The van der Waals surface area contributed by atoms with E-state index in [0.717, 1.165) is 32.5 Å². The van der Waals surface area contributed by atoms with Gasteiger partial charge in [0.25, 0.3) is 0 Å². The van der Waals surface area contributed by atoms with Crippen molar-refractivity contribution in [1.29, 1.82) is 0 Å². The van der Waals surface area contributed by atoms with Crippen molar-refractivity contribution in [3.05, 3.63) is 0 Å². The Morgan fingerprint density at radius 1 is 1.31 bits per heavy atom. The summed E-state index contributed by atoms with van der Waals surface area (Å²) < 4.78 is 5.32. The van der Waals surface area contributed by atoms with Crippen molar-refractivity contribution in [2.24, 2.45) is 16.7 Å². The molecule has 0 aromatic rings. The van der Waals surface area contributed by atoms with Gasteiger partial charge >= 0.3 is 0 Å². The monoisotopic (exact) mass is 182 g/mol. The predicted molar refractivity (Wildman–Crippen MR) is 50.4 cm³/mol. The Labute approximate surface area is 79.7 Å². The maximum absolute atomic E-state index is 11.2. The standard InChI is InChI=1S/C11H18O2/c1-10(2)7-11(10,8-12)9-3-5-13-6-4-9/h8-9H,3-7H2,1-2H3. The first-order valence-corrected chi connectivity index (χ1v) is 5.16.